The van der Waals surface area contributed by atoms with Crippen LogP contribution in [0.15, 0.2) is 27.4 Å². The minimum absolute atomic E-state index is 0.0740. The van der Waals surface area contributed by atoms with Crippen LogP contribution in [0.4, 0.5) is 0 Å². The van der Waals surface area contributed by atoms with E-state index in [0.29, 0.717) is 29.1 Å². The van der Waals surface area contributed by atoms with Crippen LogP contribution in [-0.2, 0) is 4.79 Å². The van der Waals surface area contributed by atoms with Crippen LogP contribution in [0.3, 0.4) is 0 Å². The van der Waals surface area contributed by atoms with Crippen molar-refractivity contribution in [2.24, 2.45) is 5.92 Å². The summed E-state index contributed by atoms with van der Waals surface area (Å²) in [6, 6.07) is 5.64. The lowest BCUT2D eigenvalue weighted by molar-refractivity contribution is -0.123. The van der Waals surface area contributed by atoms with E-state index >= 15 is 0 Å². The molecule has 1 saturated carbocycles. The molecular formula is C21H28ClN3O3. The molecule has 1 amide bonds. The van der Waals surface area contributed by atoms with Gasteiger partial charge in [-0.05, 0) is 49.8 Å². The van der Waals surface area contributed by atoms with Gasteiger partial charge in [0.25, 0.3) is 0 Å². The highest BCUT2D eigenvalue weighted by atomic mass is 35.5. The van der Waals surface area contributed by atoms with Crippen molar-refractivity contribution in [3.63, 3.8) is 0 Å². The minimum atomic E-state index is -0.334. The first kappa shape index (κ1) is 19.5. The number of amides is 1. The first-order valence-electron chi connectivity index (χ1n) is 10.3. The molecule has 1 aromatic heterocycles. The van der Waals surface area contributed by atoms with Crippen LogP contribution in [0.5, 0.6) is 0 Å². The van der Waals surface area contributed by atoms with E-state index in [9.17, 15) is 9.59 Å². The Balaban J connectivity index is 1.35. The standard InChI is InChI=1S/C21H28ClN3O3/c1-14-4-2-3-5-17(14)23-20(26)13-24-10-8-16(9-11-24)25-18-12-15(22)6-7-19(18)28-21(25)27/h6-7,12,14,16-17H,2-5,8-11,13H2,1H3,(H,23,26). The van der Waals surface area contributed by atoms with Crippen molar-refractivity contribution >= 4 is 28.6 Å². The van der Waals surface area contributed by atoms with Crippen molar-refractivity contribution in [3.05, 3.63) is 33.8 Å². The summed E-state index contributed by atoms with van der Waals surface area (Å²) in [6.07, 6.45) is 6.40. The minimum Gasteiger partial charge on any atom is -0.408 e. The smallest absolute Gasteiger partial charge is 0.408 e. The van der Waals surface area contributed by atoms with Gasteiger partial charge in [0.2, 0.25) is 5.91 Å². The molecule has 1 aliphatic carbocycles. The van der Waals surface area contributed by atoms with Crippen molar-refractivity contribution in [1.29, 1.82) is 0 Å². The lowest BCUT2D eigenvalue weighted by Crippen LogP contribution is -2.47. The van der Waals surface area contributed by atoms with E-state index in [-0.39, 0.29) is 17.7 Å². The lowest BCUT2D eigenvalue weighted by Gasteiger charge is -2.33. The van der Waals surface area contributed by atoms with Gasteiger partial charge < -0.3 is 9.73 Å². The maximum Gasteiger partial charge on any atom is 0.420 e. The quantitative estimate of drug-likeness (QED) is 0.844. The Morgan fingerprint density at radius 2 is 1.96 bits per heavy atom. The average molecular weight is 406 g/mol. The molecule has 1 aliphatic heterocycles. The molecule has 2 heterocycles. The molecule has 1 saturated heterocycles. The van der Waals surface area contributed by atoms with Gasteiger partial charge in [0.1, 0.15) is 0 Å². The summed E-state index contributed by atoms with van der Waals surface area (Å²) in [4.78, 5) is 27.0. The number of hydrogen-bond acceptors (Lipinski definition) is 4. The normalized spacial score (nSPS) is 24.5. The summed E-state index contributed by atoms with van der Waals surface area (Å²) in [6.45, 7) is 4.24. The van der Waals surface area contributed by atoms with E-state index in [0.717, 1.165) is 37.9 Å². The SMILES string of the molecule is CC1CCCCC1NC(=O)CN1CCC(n2c(=O)oc3ccc(Cl)cc32)CC1. The van der Waals surface area contributed by atoms with Gasteiger partial charge in [-0.1, -0.05) is 31.4 Å². The maximum absolute atomic E-state index is 12.5. The molecule has 0 radical (unpaired) electrons. The molecular weight excluding hydrogens is 378 g/mol. The fraction of sp³-hybridized carbons (Fsp3) is 0.619. The maximum atomic E-state index is 12.5. The van der Waals surface area contributed by atoms with E-state index in [1.54, 1.807) is 22.8 Å². The van der Waals surface area contributed by atoms with Crippen molar-refractivity contribution in [2.75, 3.05) is 19.6 Å². The number of aromatic nitrogens is 1. The first-order valence-corrected chi connectivity index (χ1v) is 10.7. The molecule has 0 spiro atoms. The number of fused-ring (bicyclic) bond motifs is 1. The highest BCUT2D eigenvalue weighted by Crippen LogP contribution is 2.27. The first-order chi connectivity index (χ1) is 13.5. The summed E-state index contributed by atoms with van der Waals surface area (Å²) >= 11 is 6.10. The van der Waals surface area contributed by atoms with Crippen molar-refractivity contribution in [2.45, 2.75) is 57.5 Å². The van der Waals surface area contributed by atoms with Crippen LogP contribution in [0.2, 0.25) is 5.02 Å². The van der Waals surface area contributed by atoms with E-state index in [1.807, 2.05) is 0 Å². The zero-order valence-corrected chi connectivity index (χ0v) is 17.1. The molecule has 1 aromatic carbocycles. The van der Waals surface area contributed by atoms with Gasteiger partial charge in [-0.15, -0.1) is 0 Å². The number of halogens is 1. The van der Waals surface area contributed by atoms with Crippen molar-refractivity contribution in [1.82, 2.24) is 14.8 Å². The van der Waals surface area contributed by atoms with Gasteiger partial charge in [-0.3, -0.25) is 14.3 Å². The van der Waals surface area contributed by atoms with Crippen LogP contribution in [0.25, 0.3) is 11.1 Å². The summed E-state index contributed by atoms with van der Waals surface area (Å²) < 4.78 is 7.09. The Labute approximate surface area is 169 Å². The van der Waals surface area contributed by atoms with Crippen LogP contribution >= 0.6 is 11.6 Å². The Kier molecular flexibility index (Phi) is 5.78. The Bertz CT molecular complexity index is 898. The molecule has 2 fully saturated rings. The van der Waals surface area contributed by atoms with Gasteiger partial charge in [0.05, 0.1) is 12.1 Å². The number of hydrogen-bond donors (Lipinski definition) is 1. The second-order valence-electron chi connectivity index (χ2n) is 8.29. The average Bonchev–Trinajstić information content (AvgIpc) is 2.99. The Morgan fingerprint density at radius 1 is 1.21 bits per heavy atom. The zero-order valence-electron chi connectivity index (χ0n) is 16.3. The Hall–Kier alpha value is -1.79. The summed E-state index contributed by atoms with van der Waals surface area (Å²) in [5, 5.41) is 3.82. The van der Waals surface area contributed by atoms with Crippen molar-refractivity contribution < 1.29 is 9.21 Å². The molecule has 2 atom stereocenters. The molecule has 6 nitrogen and oxygen atoms in total. The van der Waals surface area contributed by atoms with Crippen LogP contribution in [0.1, 0.15) is 51.5 Å². The summed E-state index contributed by atoms with van der Waals surface area (Å²) in [7, 11) is 0. The third-order valence-electron chi connectivity index (χ3n) is 6.32. The van der Waals surface area contributed by atoms with E-state index in [2.05, 4.69) is 17.1 Å². The number of benzene rings is 1. The third-order valence-corrected chi connectivity index (χ3v) is 6.56. The number of nitrogens with one attached hydrogen (secondary N) is 1. The molecule has 7 heteroatoms. The molecule has 0 bridgehead atoms. The fourth-order valence-electron chi connectivity index (χ4n) is 4.67. The largest absolute Gasteiger partial charge is 0.420 e. The van der Waals surface area contributed by atoms with Gasteiger partial charge in [0.15, 0.2) is 5.58 Å². The van der Waals surface area contributed by atoms with Crippen LogP contribution in [0, 0.1) is 5.92 Å². The van der Waals surface area contributed by atoms with Gasteiger partial charge in [-0.25, -0.2) is 4.79 Å². The van der Waals surface area contributed by atoms with E-state index in [4.69, 9.17) is 16.0 Å². The third kappa shape index (κ3) is 4.13. The lowest BCUT2D eigenvalue weighted by atomic mass is 9.86. The number of oxazole rings is 1. The fourth-order valence-corrected chi connectivity index (χ4v) is 4.84. The zero-order chi connectivity index (χ0) is 19.7. The molecule has 2 unspecified atom stereocenters. The second kappa shape index (κ2) is 8.29. The predicted molar refractivity (Wildman–Crippen MR) is 110 cm³/mol. The van der Waals surface area contributed by atoms with Crippen molar-refractivity contribution in [3.8, 4) is 0 Å². The highest BCUT2D eigenvalue weighted by Gasteiger charge is 2.27. The number of rotatable bonds is 4. The van der Waals surface area contributed by atoms with Crippen LogP contribution < -0.4 is 11.1 Å². The highest BCUT2D eigenvalue weighted by molar-refractivity contribution is 6.31. The van der Waals surface area contributed by atoms with Gasteiger partial charge in [0, 0.05) is 30.2 Å². The number of nitrogens with zero attached hydrogens (tertiary/aromatic N) is 2. The number of carbonyl (C=O) groups is 1. The predicted octanol–water partition coefficient (Wildman–Crippen LogP) is 3.58. The monoisotopic (exact) mass is 405 g/mol. The number of piperidine rings is 1. The number of likely N-dealkylation sites (tertiary alicyclic amines) is 1. The molecule has 4 rings (SSSR count). The number of carbonyl (C=O) groups excluding carboxylic acids is 1. The molecule has 2 aliphatic rings. The van der Waals surface area contributed by atoms with Crippen LogP contribution in [-0.4, -0.2) is 41.1 Å². The Morgan fingerprint density at radius 3 is 2.71 bits per heavy atom. The van der Waals surface area contributed by atoms with Gasteiger partial charge in [-0.2, -0.15) is 0 Å². The molecule has 28 heavy (non-hydrogen) atoms. The molecule has 1 N–H and O–H groups in total. The summed E-state index contributed by atoms with van der Waals surface area (Å²) in [5.41, 5.74) is 1.32. The molecule has 152 valence electrons. The summed E-state index contributed by atoms with van der Waals surface area (Å²) in [5.74, 6) is 0.353. The van der Waals surface area contributed by atoms with E-state index in [1.165, 1.54) is 19.3 Å². The van der Waals surface area contributed by atoms with Gasteiger partial charge >= 0.3 is 5.76 Å². The topological polar surface area (TPSA) is 67.5 Å². The molecule has 2 aromatic rings. The second-order valence-corrected chi connectivity index (χ2v) is 8.73. The van der Waals surface area contributed by atoms with E-state index < -0.39 is 0 Å².